The van der Waals surface area contributed by atoms with E-state index >= 15 is 0 Å². The quantitative estimate of drug-likeness (QED) is 0.681. The van der Waals surface area contributed by atoms with E-state index in [9.17, 15) is 4.79 Å². The van der Waals surface area contributed by atoms with E-state index in [1.54, 1.807) is 52.3 Å². The first-order chi connectivity index (χ1) is 10.5. The number of rotatable bonds is 5. The van der Waals surface area contributed by atoms with Crippen molar-refractivity contribution in [3.05, 3.63) is 47.4 Å². The maximum Gasteiger partial charge on any atom is 0.307 e. The molecule has 0 saturated heterocycles. The largest absolute Gasteiger partial charge is 0.493 e. The fourth-order valence-electron chi connectivity index (χ4n) is 1.87. The summed E-state index contributed by atoms with van der Waals surface area (Å²) in [4.78, 5) is 11.9. The Morgan fingerprint density at radius 2 is 1.86 bits per heavy atom. The fraction of sp³-hybridized carbons (Fsp3) is 0.250. The van der Waals surface area contributed by atoms with Gasteiger partial charge in [-0.3, -0.25) is 4.79 Å². The second kappa shape index (κ2) is 6.80. The molecule has 0 saturated carbocycles. The van der Waals surface area contributed by atoms with E-state index in [0.717, 1.165) is 5.56 Å². The van der Waals surface area contributed by atoms with Crippen molar-refractivity contribution in [1.82, 2.24) is 5.43 Å². The molecule has 0 aliphatic heterocycles. The molecule has 6 nitrogen and oxygen atoms in total. The third kappa shape index (κ3) is 3.46. The number of hydrazone groups is 1. The van der Waals surface area contributed by atoms with Crippen molar-refractivity contribution in [1.29, 1.82) is 0 Å². The predicted octanol–water partition coefficient (Wildman–Crippen LogP) is 2.76. The molecule has 0 radical (unpaired) electrons. The molecular weight excluding hydrogens is 284 g/mol. The van der Waals surface area contributed by atoms with Gasteiger partial charge in [-0.2, -0.15) is 5.10 Å². The maximum atomic E-state index is 11.9. The van der Waals surface area contributed by atoms with Crippen LogP contribution >= 0.6 is 0 Å². The number of hydrogen-bond donors (Lipinski definition) is 1. The van der Waals surface area contributed by atoms with Crippen LogP contribution < -0.4 is 14.9 Å². The molecule has 1 aromatic carbocycles. The van der Waals surface area contributed by atoms with Crippen LogP contribution in [-0.2, 0) is 0 Å². The number of carbonyl (C=O) groups excluding carboxylic acids is 1. The van der Waals surface area contributed by atoms with E-state index in [1.165, 1.54) is 0 Å². The number of nitrogens with one attached hydrogen (secondary N) is 1. The molecule has 22 heavy (non-hydrogen) atoms. The minimum absolute atomic E-state index is 0.223. The highest BCUT2D eigenvalue weighted by molar-refractivity contribution is 6.00. The van der Waals surface area contributed by atoms with Gasteiger partial charge < -0.3 is 13.9 Å². The lowest BCUT2D eigenvalue weighted by molar-refractivity contribution is 0.0926. The number of aryl methyl sites for hydroxylation is 1. The standard InChI is InChI=1S/C16H18N2O4/c1-10-5-7-14(22-10)16(19)18-17-11(2)12-6-8-13(20-3)15(9-12)21-4/h5-9H,1-4H3,(H,18,19)/b17-11-. The predicted molar refractivity (Wildman–Crippen MR) is 82.7 cm³/mol. The van der Waals surface area contributed by atoms with Crippen LogP contribution in [0, 0.1) is 6.92 Å². The first-order valence-electron chi connectivity index (χ1n) is 6.68. The number of methoxy groups -OCH3 is 2. The lowest BCUT2D eigenvalue weighted by atomic mass is 10.1. The summed E-state index contributed by atoms with van der Waals surface area (Å²) >= 11 is 0. The topological polar surface area (TPSA) is 73.1 Å². The molecule has 0 bridgehead atoms. The molecule has 0 atom stereocenters. The molecule has 1 N–H and O–H groups in total. The van der Waals surface area contributed by atoms with Gasteiger partial charge in [-0.05, 0) is 44.2 Å². The van der Waals surface area contributed by atoms with Crippen LogP contribution in [0.2, 0.25) is 0 Å². The monoisotopic (exact) mass is 302 g/mol. The van der Waals surface area contributed by atoms with E-state index in [-0.39, 0.29) is 5.76 Å². The van der Waals surface area contributed by atoms with Crippen LogP contribution in [0.25, 0.3) is 0 Å². The van der Waals surface area contributed by atoms with Crippen molar-refractivity contribution in [3.8, 4) is 11.5 Å². The molecule has 2 rings (SSSR count). The second-order valence-electron chi connectivity index (χ2n) is 4.62. The maximum absolute atomic E-state index is 11.9. The number of carbonyl (C=O) groups is 1. The van der Waals surface area contributed by atoms with E-state index in [0.29, 0.717) is 23.0 Å². The third-order valence-electron chi connectivity index (χ3n) is 3.09. The Hall–Kier alpha value is -2.76. The van der Waals surface area contributed by atoms with Gasteiger partial charge in [0.05, 0.1) is 19.9 Å². The van der Waals surface area contributed by atoms with Crippen molar-refractivity contribution in [2.45, 2.75) is 13.8 Å². The molecule has 1 heterocycles. The number of hydrogen-bond acceptors (Lipinski definition) is 5. The molecule has 116 valence electrons. The van der Waals surface area contributed by atoms with Crippen molar-refractivity contribution >= 4 is 11.6 Å². The summed E-state index contributed by atoms with van der Waals surface area (Å²) < 4.78 is 15.7. The van der Waals surface area contributed by atoms with Crippen molar-refractivity contribution in [2.24, 2.45) is 5.10 Å². The summed E-state index contributed by atoms with van der Waals surface area (Å²) in [6.45, 7) is 3.56. The average molecular weight is 302 g/mol. The van der Waals surface area contributed by atoms with E-state index in [1.807, 2.05) is 6.07 Å². The van der Waals surface area contributed by atoms with Gasteiger partial charge >= 0.3 is 5.91 Å². The second-order valence-corrected chi connectivity index (χ2v) is 4.62. The van der Waals surface area contributed by atoms with Crippen LogP contribution in [0.5, 0.6) is 11.5 Å². The molecule has 1 amide bonds. The molecule has 6 heteroatoms. The van der Waals surface area contributed by atoms with Gasteiger partial charge in [0.1, 0.15) is 5.76 Å². The molecular formula is C16H18N2O4. The molecule has 1 aromatic heterocycles. The summed E-state index contributed by atoms with van der Waals surface area (Å²) in [5.74, 6) is 1.73. The lowest BCUT2D eigenvalue weighted by Gasteiger charge is -2.09. The zero-order chi connectivity index (χ0) is 16.1. The highest BCUT2D eigenvalue weighted by Crippen LogP contribution is 2.27. The van der Waals surface area contributed by atoms with Crippen molar-refractivity contribution < 1.29 is 18.7 Å². The van der Waals surface area contributed by atoms with Crippen LogP contribution in [0.3, 0.4) is 0 Å². The summed E-state index contributed by atoms with van der Waals surface area (Å²) in [7, 11) is 3.14. The summed E-state index contributed by atoms with van der Waals surface area (Å²) in [6.07, 6.45) is 0. The van der Waals surface area contributed by atoms with Crippen molar-refractivity contribution in [2.75, 3.05) is 14.2 Å². The van der Waals surface area contributed by atoms with Crippen LogP contribution in [0.15, 0.2) is 39.9 Å². The molecule has 0 spiro atoms. The Bertz CT molecular complexity index is 704. The van der Waals surface area contributed by atoms with Crippen molar-refractivity contribution in [3.63, 3.8) is 0 Å². The van der Waals surface area contributed by atoms with Gasteiger partial charge in [-0.1, -0.05) is 0 Å². The molecule has 2 aromatic rings. The SMILES string of the molecule is COc1ccc(/C(C)=N\NC(=O)c2ccc(C)o2)cc1OC. The third-order valence-corrected chi connectivity index (χ3v) is 3.09. The zero-order valence-corrected chi connectivity index (χ0v) is 13.0. The van der Waals surface area contributed by atoms with Crippen LogP contribution in [0.1, 0.15) is 28.8 Å². The van der Waals surface area contributed by atoms with Crippen LogP contribution in [0.4, 0.5) is 0 Å². The number of nitrogens with zero attached hydrogens (tertiary/aromatic N) is 1. The normalized spacial score (nSPS) is 11.2. The molecule has 0 fully saturated rings. The molecule has 0 aliphatic rings. The first kappa shape index (κ1) is 15.6. The van der Waals surface area contributed by atoms with Crippen LogP contribution in [-0.4, -0.2) is 25.8 Å². The Morgan fingerprint density at radius 3 is 2.45 bits per heavy atom. The lowest BCUT2D eigenvalue weighted by Crippen LogP contribution is -2.18. The van der Waals surface area contributed by atoms with Gasteiger partial charge in [0.2, 0.25) is 0 Å². The highest BCUT2D eigenvalue weighted by Gasteiger charge is 2.10. The minimum atomic E-state index is -0.395. The summed E-state index contributed by atoms with van der Waals surface area (Å²) in [5, 5.41) is 4.07. The fourth-order valence-corrected chi connectivity index (χ4v) is 1.87. The number of amides is 1. The minimum Gasteiger partial charge on any atom is -0.493 e. The molecule has 0 aliphatic carbocycles. The van der Waals surface area contributed by atoms with Gasteiger partial charge in [-0.15, -0.1) is 0 Å². The average Bonchev–Trinajstić information content (AvgIpc) is 2.98. The van der Waals surface area contributed by atoms with Gasteiger partial charge in [0.15, 0.2) is 17.3 Å². The Kier molecular flexibility index (Phi) is 4.83. The van der Waals surface area contributed by atoms with E-state index in [4.69, 9.17) is 13.9 Å². The van der Waals surface area contributed by atoms with Gasteiger partial charge in [-0.25, -0.2) is 5.43 Å². The highest BCUT2D eigenvalue weighted by atomic mass is 16.5. The number of benzene rings is 1. The molecule has 0 unspecified atom stereocenters. The van der Waals surface area contributed by atoms with Gasteiger partial charge in [0, 0.05) is 5.56 Å². The Balaban J connectivity index is 2.13. The van der Waals surface area contributed by atoms with E-state index in [2.05, 4.69) is 10.5 Å². The number of ether oxygens (including phenoxy) is 2. The Morgan fingerprint density at radius 1 is 1.14 bits per heavy atom. The number of furan rings is 1. The zero-order valence-electron chi connectivity index (χ0n) is 13.0. The van der Waals surface area contributed by atoms with E-state index < -0.39 is 5.91 Å². The van der Waals surface area contributed by atoms with Gasteiger partial charge in [0.25, 0.3) is 0 Å². The summed E-state index contributed by atoms with van der Waals surface area (Å²) in [6, 6.07) is 8.74. The first-order valence-corrected chi connectivity index (χ1v) is 6.68. The Labute approximate surface area is 128 Å². The smallest absolute Gasteiger partial charge is 0.307 e. The summed E-state index contributed by atoms with van der Waals surface area (Å²) in [5.41, 5.74) is 3.91.